The number of hydrogen-bond donors (Lipinski definition) is 1. The van der Waals surface area contributed by atoms with Crippen molar-refractivity contribution in [2.75, 3.05) is 13.1 Å². The summed E-state index contributed by atoms with van der Waals surface area (Å²) >= 11 is 0. The molecule has 5 nitrogen and oxygen atoms in total. The van der Waals surface area contributed by atoms with Crippen molar-refractivity contribution in [3.8, 4) is 0 Å². The van der Waals surface area contributed by atoms with Gasteiger partial charge in [-0.15, -0.1) is 0 Å². The smallest absolute Gasteiger partial charge is 0.416 e. The van der Waals surface area contributed by atoms with E-state index >= 15 is 0 Å². The first-order valence-electron chi connectivity index (χ1n) is 11.6. The van der Waals surface area contributed by atoms with Gasteiger partial charge in [-0.25, -0.2) is 0 Å². The Morgan fingerprint density at radius 3 is 2.53 bits per heavy atom. The molecule has 1 N–H and O–H groups in total. The van der Waals surface area contributed by atoms with Crippen LogP contribution in [0.15, 0.2) is 18.2 Å². The normalized spacial score (nSPS) is 33.6. The molecule has 1 aromatic rings. The lowest BCUT2D eigenvalue weighted by molar-refractivity contribution is -0.143. The first-order chi connectivity index (χ1) is 15.1. The third-order valence-corrected chi connectivity index (χ3v) is 8.76. The molecule has 1 aliphatic carbocycles. The number of likely N-dealkylation sites (tertiary alicyclic amines) is 1. The predicted molar refractivity (Wildman–Crippen MR) is 111 cm³/mol. The van der Waals surface area contributed by atoms with E-state index in [4.69, 9.17) is 0 Å². The van der Waals surface area contributed by atoms with Gasteiger partial charge in [0.05, 0.1) is 16.9 Å². The molecule has 4 atom stereocenters. The number of piperidine rings is 1. The van der Waals surface area contributed by atoms with Gasteiger partial charge in [0.15, 0.2) is 0 Å². The zero-order valence-corrected chi connectivity index (χ0v) is 18.2. The standard InChI is InChI=1S/C24H29F3N2O3/c1-14-20-11-16-2-3-18(24(25,26)27)10-17(16)13-29(20)22(32)23(14)7-4-19(12-23)28-8-5-15(6-9-28)21(30)31/h2-3,10,14-15,19-20H,4-9,11-13H2,1H3,(H,30,31). The van der Waals surface area contributed by atoms with Crippen molar-refractivity contribution >= 4 is 11.9 Å². The number of alkyl halides is 3. The number of fused-ring (bicyclic) bond motifs is 2. The number of rotatable bonds is 2. The largest absolute Gasteiger partial charge is 0.481 e. The summed E-state index contributed by atoms with van der Waals surface area (Å²) in [5, 5.41) is 9.25. The van der Waals surface area contributed by atoms with Crippen LogP contribution in [-0.4, -0.2) is 52.0 Å². The van der Waals surface area contributed by atoms with Gasteiger partial charge >= 0.3 is 12.1 Å². The zero-order valence-electron chi connectivity index (χ0n) is 18.2. The fourth-order valence-electron chi connectivity index (χ4n) is 6.78. The summed E-state index contributed by atoms with van der Waals surface area (Å²) in [6, 6.07) is 4.25. The van der Waals surface area contributed by atoms with Crippen LogP contribution in [0.4, 0.5) is 13.2 Å². The minimum atomic E-state index is -4.39. The first-order valence-corrected chi connectivity index (χ1v) is 11.6. The maximum Gasteiger partial charge on any atom is 0.416 e. The molecule has 3 aliphatic heterocycles. The number of halogens is 3. The summed E-state index contributed by atoms with van der Waals surface area (Å²) in [5.74, 6) is -0.757. The molecule has 3 fully saturated rings. The quantitative estimate of drug-likeness (QED) is 0.742. The summed E-state index contributed by atoms with van der Waals surface area (Å²) in [7, 11) is 0. The summed E-state index contributed by atoms with van der Waals surface area (Å²) in [4.78, 5) is 29.1. The van der Waals surface area contributed by atoms with Gasteiger partial charge in [0.1, 0.15) is 0 Å². The molecule has 32 heavy (non-hydrogen) atoms. The van der Waals surface area contributed by atoms with Gasteiger partial charge in [-0.05, 0) is 80.8 Å². The molecule has 3 heterocycles. The van der Waals surface area contributed by atoms with E-state index in [1.807, 2.05) is 4.90 Å². The number of benzene rings is 1. The van der Waals surface area contributed by atoms with Crippen molar-refractivity contribution in [1.29, 1.82) is 0 Å². The Kier molecular flexibility index (Phi) is 5.07. The number of carbonyl (C=O) groups excluding carboxylic acids is 1. The molecular weight excluding hydrogens is 421 g/mol. The summed E-state index contributed by atoms with van der Waals surface area (Å²) in [5.41, 5.74) is 0.420. The SMILES string of the molecule is CC1C2Cc3ccc(C(F)(F)F)cc3CN2C(=O)C12CCC(N1CCC(C(=O)O)CC1)C2. The maximum atomic E-state index is 13.6. The van der Waals surface area contributed by atoms with Crippen LogP contribution in [0.1, 0.15) is 55.7 Å². The van der Waals surface area contributed by atoms with Gasteiger partial charge in [-0.1, -0.05) is 13.0 Å². The highest BCUT2D eigenvalue weighted by molar-refractivity contribution is 5.87. The van der Waals surface area contributed by atoms with Crippen LogP contribution >= 0.6 is 0 Å². The highest BCUT2D eigenvalue weighted by Crippen LogP contribution is 2.55. The number of hydrogen-bond acceptors (Lipinski definition) is 3. The van der Waals surface area contributed by atoms with Gasteiger partial charge in [-0.2, -0.15) is 13.2 Å². The van der Waals surface area contributed by atoms with Gasteiger partial charge in [0.25, 0.3) is 0 Å². The number of amides is 1. The molecule has 1 aromatic carbocycles. The maximum absolute atomic E-state index is 13.6. The summed E-state index contributed by atoms with van der Waals surface area (Å²) in [6.45, 7) is 3.89. The lowest BCUT2D eigenvalue weighted by atomic mass is 9.73. The summed E-state index contributed by atoms with van der Waals surface area (Å²) in [6.07, 6.45) is -0.00403. The van der Waals surface area contributed by atoms with Crippen molar-refractivity contribution in [1.82, 2.24) is 9.80 Å². The molecule has 4 aliphatic rings. The van der Waals surface area contributed by atoms with E-state index in [1.165, 1.54) is 6.07 Å². The molecule has 4 unspecified atom stereocenters. The van der Waals surface area contributed by atoms with E-state index in [0.717, 1.165) is 44.0 Å². The minimum absolute atomic E-state index is 0.0308. The first kappa shape index (κ1) is 21.7. The number of carbonyl (C=O) groups is 2. The Morgan fingerprint density at radius 1 is 1.16 bits per heavy atom. The van der Waals surface area contributed by atoms with Crippen LogP contribution < -0.4 is 0 Å². The third kappa shape index (κ3) is 3.33. The molecule has 0 bridgehead atoms. The molecule has 1 spiro atoms. The Balaban J connectivity index is 1.33. The Morgan fingerprint density at radius 2 is 1.88 bits per heavy atom. The van der Waals surface area contributed by atoms with E-state index in [1.54, 1.807) is 6.07 Å². The number of carboxylic acids is 1. The lowest BCUT2D eigenvalue weighted by Gasteiger charge is -2.36. The van der Waals surface area contributed by atoms with Crippen molar-refractivity contribution < 1.29 is 27.9 Å². The topological polar surface area (TPSA) is 60.9 Å². The Hall–Kier alpha value is -2.09. The van der Waals surface area contributed by atoms with Crippen LogP contribution in [0.3, 0.4) is 0 Å². The molecule has 174 valence electrons. The van der Waals surface area contributed by atoms with Crippen LogP contribution in [0.5, 0.6) is 0 Å². The van der Waals surface area contributed by atoms with Crippen LogP contribution in [0.25, 0.3) is 0 Å². The van der Waals surface area contributed by atoms with Gasteiger partial charge in [0, 0.05) is 18.6 Å². The van der Waals surface area contributed by atoms with E-state index in [9.17, 15) is 27.9 Å². The van der Waals surface area contributed by atoms with E-state index in [0.29, 0.717) is 24.8 Å². The zero-order chi connectivity index (χ0) is 22.8. The monoisotopic (exact) mass is 450 g/mol. The number of aliphatic carboxylic acids is 1. The molecule has 8 heteroatoms. The van der Waals surface area contributed by atoms with Crippen LogP contribution in [0.2, 0.25) is 0 Å². The fourth-order valence-corrected chi connectivity index (χ4v) is 6.78. The molecule has 2 saturated heterocycles. The van der Waals surface area contributed by atoms with E-state index in [2.05, 4.69) is 11.8 Å². The molecule has 0 aromatic heterocycles. The second-order valence-electron chi connectivity index (χ2n) is 10.2. The minimum Gasteiger partial charge on any atom is -0.481 e. The average Bonchev–Trinajstić information content (AvgIpc) is 3.29. The molecule has 1 saturated carbocycles. The van der Waals surface area contributed by atoms with Gasteiger partial charge in [-0.3, -0.25) is 9.59 Å². The lowest BCUT2D eigenvalue weighted by Crippen LogP contribution is -2.43. The van der Waals surface area contributed by atoms with E-state index < -0.39 is 23.1 Å². The molecule has 0 radical (unpaired) electrons. The van der Waals surface area contributed by atoms with Crippen LogP contribution in [0, 0.1) is 17.3 Å². The van der Waals surface area contributed by atoms with Crippen molar-refractivity contribution in [3.63, 3.8) is 0 Å². The highest BCUT2D eigenvalue weighted by Gasteiger charge is 2.60. The number of carboxylic acid groups (broad SMARTS) is 1. The Labute approximate surface area is 185 Å². The fraction of sp³-hybridized carbons (Fsp3) is 0.667. The van der Waals surface area contributed by atoms with Crippen molar-refractivity contribution in [2.24, 2.45) is 17.3 Å². The van der Waals surface area contributed by atoms with Crippen LogP contribution in [-0.2, 0) is 28.7 Å². The molecule has 5 rings (SSSR count). The Bertz CT molecular complexity index is 941. The molecule has 1 amide bonds. The van der Waals surface area contributed by atoms with Crippen molar-refractivity contribution in [3.05, 3.63) is 34.9 Å². The van der Waals surface area contributed by atoms with E-state index in [-0.39, 0.29) is 36.4 Å². The highest BCUT2D eigenvalue weighted by atomic mass is 19.4. The number of nitrogens with zero attached hydrogens (tertiary/aromatic N) is 2. The average molecular weight is 451 g/mol. The van der Waals surface area contributed by atoms with Crippen molar-refractivity contribution in [2.45, 2.75) is 70.3 Å². The third-order valence-electron chi connectivity index (χ3n) is 8.76. The molecular formula is C24H29F3N2O3. The second-order valence-corrected chi connectivity index (χ2v) is 10.2. The van der Waals surface area contributed by atoms with Gasteiger partial charge < -0.3 is 14.9 Å². The predicted octanol–water partition coefficient (Wildman–Crippen LogP) is 3.94. The second kappa shape index (κ2) is 7.47. The van der Waals surface area contributed by atoms with Gasteiger partial charge in [0.2, 0.25) is 5.91 Å². The summed E-state index contributed by atoms with van der Waals surface area (Å²) < 4.78 is 39.5.